The van der Waals surface area contributed by atoms with Gasteiger partial charge in [-0.05, 0) is 24.3 Å². The van der Waals surface area contributed by atoms with Crippen LogP contribution in [0.4, 0.5) is 0 Å². The van der Waals surface area contributed by atoms with E-state index < -0.39 is 5.97 Å². The lowest BCUT2D eigenvalue weighted by Crippen LogP contribution is -1.95. The molecule has 1 heterocycles. The summed E-state index contributed by atoms with van der Waals surface area (Å²) in [6, 6.07) is 12.3. The van der Waals surface area contributed by atoms with E-state index in [1.807, 2.05) is 18.2 Å². The molecule has 0 radical (unpaired) electrons. The fourth-order valence-electron chi connectivity index (χ4n) is 1.32. The second kappa shape index (κ2) is 6.80. The minimum atomic E-state index is -0.914. The van der Waals surface area contributed by atoms with E-state index in [0.29, 0.717) is 0 Å². The number of nitrogens with zero attached hydrogens (tertiary/aromatic N) is 1. The van der Waals surface area contributed by atoms with Crippen LogP contribution in [-0.2, 0) is 4.79 Å². The minimum absolute atomic E-state index is 0.250. The van der Waals surface area contributed by atoms with Gasteiger partial charge in [0.25, 0.3) is 6.47 Å². The maximum absolute atomic E-state index is 10.6. The summed E-state index contributed by atoms with van der Waals surface area (Å²) in [6.07, 6.45) is 1.71. The standard InChI is InChI=1S/C12H9NO2.CH2O2/c14-12(15)10-6-4-9(5-7-10)11-3-1-2-8-13-11;2-1-3/h1-8H,(H,14,15);1H,(H,2,3). The van der Waals surface area contributed by atoms with Gasteiger partial charge in [0.15, 0.2) is 0 Å². The van der Waals surface area contributed by atoms with Crippen molar-refractivity contribution in [2.75, 3.05) is 0 Å². The fraction of sp³-hybridized carbons (Fsp3) is 0. The van der Waals surface area contributed by atoms with E-state index in [-0.39, 0.29) is 12.0 Å². The average Bonchev–Trinajstić information content (AvgIpc) is 2.41. The van der Waals surface area contributed by atoms with E-state index in [1.54, 1.807) is 30.5 Å². The first-order valence-electron chi connectivity index (χ1n) is 5.01. The lowest BCUT2D eigenvalue weighted by atomic mass is 10.1. The molecule has 2 aromatic rings. The third-order valence-electron chi connectivity index (χ3n) is 2.09. The zero-order valence-corrected chi connectivity index (χ0v) is 9.35. The molecule has 5 nitrogen and oxygen atoms in total. The van der Waals surface area contributed by atoms with Gasteiger partial charge in [-0.3, -0.25) is 9.78 Å². The second-order valence-corrected chi connectivity index (χ2v) is 3.20. The van der Waals surface area contributed by atoms with Crippen LogP contribution in [0.15, 0.2) is 48.7 Å². The minimum Gasteiger partial charge on any atom is -0.483 e. The Hall–Kier alpha value is -2.69. The Morgan fingerprint density at radius 1 is 1.11 bits per heavy atom. The number of carboxylic acids is 1. The molecule has 0 aliphatic rings. The number of pyridine rings is 1. The Morgan fingerprint density at radius 2 is 1.72 bits per heavy atom. The number of carbonyl (C=O) groups is 2. The topological polar surface area (TPSA) is 87.5 Å². The summed E-state index contributed by atoms with van der Waals surface area (Å²) in [7, 11) is 0. The first kappa shape index (κ1) is 13.4. The van der Waals surface area contributed by atoms with Crippen LogP contribution in [0.3, 0.4) is 0 Å². The summed E-state index contributed by atoms with van der Waals surface area (Å²) < 4.78 is 0. The quantitative estimate of drug-likeness (QED) is 0.791. The highest BCUT2D eigenvalue weighted by molar-refractivity contribution is 5.88. The SMILES string of the molecule is O=C(O)c1ccc(-c2ccccn2)cc1.O=CO. The monoisotopic (exact) mass is 245 g/mol. The van der Waals surface area contributed by atoms with Crippen LogP contribution >= 0.6 is 0 Å². The van der Waals surface area contributed by atoms with Crippen molar-refractivity contribution in [3.8, 4) is 11.3 Å². The number of hydrogen-bond acceptors (Lipinski definition) is 3. The van der Waals surface area contributed by atoms with Gasteiger partial charge in [-0.2, -0.15) is 0 Å². The zero-order chi connectivity index (χ0) is 13.4. The maximum atomic E-state index is 10.6. The van der Waals surface area contributed by atoms with Crippen molar-refractivity contribution in [3.05, 3.63) is 54.2 Å². The molecule has 2 rings (SSSR count). The van der Waals surface area contributed by atoms with Crippen molar-refractivity contribution >= 4 is 12.4 Å². The van der Waals surface area contributed by atoms with Gasteiger partial charge in [0.1, 0.15) is 0 Å². The largest absolute Gasteiger partial charge is 0.483 e. The van der Waals surface area contributed by atoms with Gasteiger partial charge in [0, 0.05) is 11.8 Å². The van der Waals surface area contributed by atoms with Crippen LogP contribution in [0.25, 0.3) is 11.3 Å². The smallest absolute Gasteiger partial charge is 0.335 e. The highest BCUT2D eigenvalue weighted by Crippen LogP contribution is 2.16. The summed E-state index contributed by atoms with van der Waals surface area (Å²) in [6.45, 7) is -0.250. The van der Waals surface area contributed by atoms with E-state index >= 15 is 0 Å². The Labute approximate surface area is 103 Å². The first-order chi connectivity index (χ1) is 8.69. The van der Waals surface area contributed by atoms with Crippen LogP contribution in [-0.4, -0.2) is 27.6 Å². The Bertz CT molecular complexity index is 508. The molecular formula is C13H11NO4. The Kier molecular flexibility index (Phi) is 5.05. The van der Waals surface area contributed by atoms with Crippen LogP contribution in [0.1, 0.15) is 10.4 Å². The van der Waals surface area contributed by atoms with Crippen molar-refractivity contribution in [2.45, 2.75) is 0 Å². The van der Waals surface area contributed by atoms with Crippen molar-refractivity contribution in [2.24, 2.45) is 0 Å². The molecule has 0 spiro atoms. The number of carboxylic acid groups (broad SMARTS) is 2. The fourth-order valence-corrected chi connectivity index (χ4v) is 1.32. The number of rotatable bonds is 2. The van der Waals surface area contributed by atoms with E-state index in [1.165, 1.54) is 0 Å². The van der Waals surface area contributed by atoms with Crippen LogP contribution in [0.5, 0.6) is 0 Å². The maximum Gasteiger partial charge on any atom is 0.335 e. The summed E-state index contributed by atoms with van der Waals surface area (Å²) in [4.78, 5) is 23.2. The molecule has 0 amide bonds. The second-order valence-electron chi connectivity index (χ2n) is 3.20. The van der Waals surface area contributed by atoms with Crippen LogP contribution in [0.2, 0.25) is 0 Å². The Balaban J connectivity index is 0.000000492. The van der Waals surface area contributed by atoms with Gasteiger partial charge in [-0.25, -0.2) is 4.79 Å². The van der Waals surface area contributed by atoms with Crippen LogP contribution in [0, 0.1) is 0 Å². The molecule has 0 aliphatic heterocycles. The van der Waals surface area contributed by atoms with Crippen molar-refractivity contribution in [1.29, 1.82) is 0 Å². The summed E-state index contributed by atoms with van der Waals surface area (Å²) in [5, 5.41) is 15.6. The van der Waals surface area contributed by atoms with Crippen molar-refractivity contribution < 1.29 is 19.8 Å². The molecule has 1 aromatic carbocycles. The number of aromatic carboxylic acids is 1. The summed E-state index contributed by atoms with van der Waals surface area (Å²) in [5.41, 5.74) is 2.05. The third kappa shape index (κ3) is 3.71. The zero-order valence-electron chi connectivity index (χ0n) is 9.35. The van der Waals surface area contributed by atoms with Gasteiger partial charge >= 0.3 is 5.97 Å². The van der Waals surface area contributed by atoms with Crippen LogP contribution < -0.4 is 0 Å². The molecule has 0 fully saturated rings. The van der Waals surface area contributed by atoms with Crippen molar-refractivity contribution in [3.63, 3.8) is 0 Å². The van der Waals surface area contributed by atoms with Gasteiger partial charge in [0.05, 0.1) is 11.3 Å². The van der Waals surface area contributed by atoms with Crippen molar-refractivity contribution in [1.82, 2.24) is 4.98 Å². The van der Waals surface area contributed by atoms with Gasteiger partial charge in [-0.15, -0.1) is 0 Å². The number of hydrogen-bond donors (Lipinski definition) is 2. The van der Waals surface area contributed by atoms with E-state index in [2.05, 4.69) is 4.98 Å². The summed E-state index contributed by atoms with van der Waals surface area (Å²) >= 11 is 0. The molecule has 0 unspecified atom stereocenters. The van der Waals surface area contributed by atoms with Gasteiger partial charge in [0.2, 0.25) is 0 Å². The molecule has 5 heteroatoms. The lowest BCUT2D eigenvalue weighted by molar-refractivity contribution is -0.122. The highest BCUT2D eigenvalue weighted by Gasteiger charge is 2.02. The van der Waals surface area contributed by atoms with Gasteiger partial charge in [-0.1, -0.05) is 18.2 Å². The molecule has 2 N–H and O–H groups in total. The number of benzene rings is 1. The predicted molar refractivity (Wildman–Crippen MR) is 65.3 cm³/mol. The molecule has 1 aromatic heterocycles. The lowest BCUT2D eigenvalue weighted by Gasteiger charge is -2.00. The molecule has 0 saturated carbocycles. The Morgan fingerprint density at radius 3 is 2.17 bits per heavy atom. The van der Waals surface area contributed by atoms with E-state index in [4.69, 9.17) is 15.0 Å². The molecule has 0 bridgehead atoms. The van der Waals surface area contributed by atoms with E-state index in [0.717, 1.165) is 11.3 Å². The average molecular weight is 245 g/mol. The molecule has 18 heavy (non-hydrogen) atoms. The third-order valence-corrected chi connectivity index (χ3v) is 2.09. The summed E-state index contributed by atoms with van der Waals surface area (Å²) in [5.74, 6) is -0.914. The molecular weight excluding hydrogens is 234 g/mol. The molecule has 0 aliphatic carbocycles. The molecule has 0 saturated heterocycles. The predicted octanol–water partition coefficient (Wildman–Crippen LogP) is 2.15. The normalized spacial score (nSPS) is 8.89. The first-order valence-corrected chi connectivity index (χ1v) is 5.01. The number of aromatic nitrogens is 1. The molecule has 92 valence electrons. The molecule has 0 atom stereocenters. The van der Waals surface area contributed by atoms with E-state index in [9.17, 15) is 4.79 Å². The highest BCUT2D eigenvalue weighted by atomic mass is 16.4. The van der Waals surface area contributed by atoms with Gasteiger partial charge < -0.3 is 10.2 Å².